The quantitative estimate of drug-likeness (QED) is 0.725. The zero-order chi connectivity index (χ0) is 15.2. The lowest BCUT2D eigenvalue weighted by molar-refractivity contribution is -0.856. The second kappa shape index (κ2) is 7.61. The number of ether oxygens (including phenoxy) is 1. The molecule has 1 saturated carbocycles. The third-order valence-electron chi connectivity index (χ3n) is 3.66. The summed E-state index contributed by atoms with van der Waals surface area (Å²) < 4.78 is 5.20. The van der Waals surface area contributed by atoms with E-state index in [0.29, 0.717) is 6.04 Å². The number of benzene rings is 1. The molecule has 0 spiro atoms. The Labute approximate surface area is 133 Å². The summed E-state index contributed by atoms with van der Waals surface area (Å²) in [5.74, 6) is 0.895. The topological polar surface area (TPSA) is 28.9 Å². The lowest BCUT2D eigenvalue weighted by Crippen LogP contribution is -3.06. The molecule has 1 aromatic carbocycles. The molecule has 0 saturated heterocycles. The second-order valence-electron chi connectivity index (χ2n) is 5.90. The SMILES string of the molecule is COc1ccc(CN(C(=S)NCC[NH+](C)C)C2CC2)cc1. The van der Waals surface area contributed by atoms with Crippen molar-refractivity contribution in [2.24, 2.45) is 0 Å². The molecule has 0 aliphatic heterocycles. The van der Waals surface area contributed by atoms with Gasteiger partial charge in [0.2, 0.25) is 0 Å². The van der Waals surface area contributed by atoms with Gasteiger partial charge in [0.05, 0.1) is 34.3 Å². The molecule has 1 aromatic rings. The highest BCUT2D eigenvalue weighted by atomic mass is 32.1. The Hall–Kier alpha value is -1.33. The first-order chi connectivity index (χ1) is 10.1. The summed E-state index contributed by atoms with van der Waals surface area (Å²) >= 11 is 5.57. The van der Waals surface area contributed by atoms with Crippen molar-refractivity contribution in [1.82, 2.24) is 10.2 Å². The molecule has 0 atom stereocenters. The van der Waals surface area contributed by atoms with E-state index in [4.69, 9.17) is 17.0 Å². The van der Waals surface area contributed by atoms with Gasteiger partial charge >= 0.3 is 0 Å². The zero-order valence-electron chi connectivity index (χ0n) is 13.2. The summed E-state index contributed by atoms with van der Waals surface area (Å²) in [6, 6.07) is 8.85. The van der Waals surface area contributed by atoms with E-state index in [9.17, 15) is 0 Å². The second-order valence-corrected chi connectivity index (χ2v) is 6.28. The maximum absolute atomic E-state index is 5.57. The summed E-state index contributed by atoms with van der Waals surface area (Å²) in [6.45, 7) is 2.86. The van der Waals surface area contributed by atoms with Crippen molar-refractivity contribution < 1.29 is 9.64 Å². The predicted molar refractivity (Wildman–Crippen MR) is 89.8 cm³/mol. The molecule has 1 aliphatic rings. The van der Waals surface area contributed by atoms with Crippen molar-refractivity contribution in [3.8, 4) is 5.75 Å². The van der Waals surface area contributed by atoms with Crippen molar-refractivity contribution >= 4 is 17.3 Å². The summed E-state index contributed by atoms with van der Waals surface area (Å²) in [4.78, 5) is 3.75. The molecule has 0 unspecified atom stereocenters. The number of thiocarbonyl (C=S) groups is 1. The third kappa shape index (κ3) is 5.17. The highest BCUT2D eigenvalue weighted by Crippen LogP contribution is 2.28. The summed E-state index contributed by atoms with van der Waals surface area (Å²) in [5, 5.41) is 4.27. The van der Waals surface area contributed by atoms with Gasteiger partial charge in [0.1, 0.15) is 5.75 Å². The van der Waals surface area contributed by atoms with E-state index in [-0.39, 0.29) is 0 Å². The van der Waals surface area contributed by atoms with Crippen LogP contribution < -0.4 is 15.0 Å². The van der Waals surface area contributed by atoms with Gasteiger partial charge < -0.3 is 19.9 Å². The van der Waals surface area contributed by atoms with Crippen LogP contribution in [-0.2, 0) is 6.54 Å². The lowest BCUT2D eigenvalue weighted by Gasteiger charge is -2.26. The summed E-state index contributed by atoms with van der Waals surface area (Å²) in [7, 11) is 6.00. The average molecular weight is 308 g/mol. The van der Waals surface area contributed by atoms with Crippen LogP contribution in [0.1, 0.15) is 18.4 Å². The van der Waals surface area contributed by atoms with Gasteiger partial charge in [0.15, 0.2) is 5.11 Å². The van der Waals surface area contributed by atoms with Crippen LogP contribution in [0.15, 0.2) is 24.3 Å². The molecule has 0 radical (unpaired) electrons. The van der Waals surface area contributed by atoms with E-state index < -0.39 is 0 Å². The maximum atomic E-state index is 5.57. The standard InChI is InChI=1S/C16H25N3OS/c1-18(2)11-10-17-16(21)19(14-6-7-14)12-13-4-8-15(20-3)9-5-13/h4-5,8-9,14H,6-7,10-12H2,1-3H3,(H,17,21)/p+1. The number of quaternary nitrogens is 1. The Morgan fingerprint density at radius 2 is 2.00 bits per heavy atom. The van der Waals surface area contributed by atoms with Gasteiger partial charge in [-0.05, 0) is 42.8 Å². The Bertz CT molecular complexity index is 457. The van der Waals surface area contributed by atoms with Crippen molar-refractivity contribution in [1.29, 1.82) is 0 Å². The smallest absolute Gasteiger partial charge is 0.169 e. The number of hydrogen-bond acceptors (Lipinski definition) is 2. The Kier molecular flexibility index (Phi) is 5.82. The molecule has 0 heterocycles. The first kappa shape index (κ1) is 16.0. The highest BCUT2D eigenvalue weighted by Gasteiger charge is 2.30. The van der Waals surface area contributed by atoms with Gasteiger partial charge in [-0.2, -0.15) is 0 Å². The third-order valence-corrected chi connectivity index (χ3v) is 4.04. The fraction of sp³-hybridized carbons (Fsp3) is 0.562. The van der Waals surface area contributed by atoms with Gasteiger partial charge in [-0.25, -0.2) is 0 Å². The number of rotatable bonds is 7. The van der Waals surface area contributed by atoms with E-state index >= 15 is 0 Å². The van der Waals surface area contributed by atoms with Gasteiger partial charge in [-0.3, -0.25) is 0 Å². The number of hydrogen-bond donors (Lipinski definition) is 2. The van der Waals surface area contributed by atoms with E-state index in [2.05, 4.69) is 36.4 Å². The van der Waals surface area contributed by atoms with Gasteiger partial charge in [-0.15, -0.1) is 0 Å². The molecule has 2 N–H and O–H groups in total. The fourth-order valence-corrected chi connectivity index (χ4v) is 2.52. The van der Waals surface area contributed by atoms with Crippen LogP contribution in [-0.4, -0.2) is 50.3 Å². The molecule has 0 bridgehead atoms. The molecule has 116 valence electrons. The molecule has 0 amide bonds. The molecule has 4 nitrogen and oxygen atoms in total. The van der Waals surface area contributed by atoms with Crippen molar-refractivity contribution in [2.45, 2.75) is 25.4 Å². The first-order valence-corrected chi connectivity index (χ1v) is 7.97. The first-order valence-electron chi connectivity index (χ1n) is 7.56. The molecule has 0 aromatic heterocycles. The average Bonchev–Trinajstić information content (AvgIpc) is 3.29. The monoisotopic (exact) mass is 308 g/mol. The van der Waals surface area contributed by atoms with Crippen LogP contribution in [0.4, 0.5) is 0 Å². The molecule has 1 aliphatic carbocycles. The number of methoxy groups -OCH3 is 1. The van der Waals surface area contributed by atoms with Crippen LogP contribution in [0, 0.1) is 0 Å². The Morgan fingerprint density at radius 3 is 2.52 bits per heavy atom. The highest BCUT2D eigenvalue weighted by molar-refractivity contribution is 7.80. The van der Waals surface area contributed by atoms with Crippen molar-refractivity contribution in [3.63, 3.8) is 0 Å². The normalized spacial score (nSPS) is 14.1. The minimum Gasteiger partial charge on any atom is -0.497 e. The van der Waals surface area contributed by atoms with Crippen LogP contribution in [0.3, 0.4) is 0 Å². The molecular formula is C16H26N3OS+. The Balaban J connectivity index is 1.90. The van der Waals surface area contributed by atoms with Crippen molar-refractivity contribution in [2.75, 3.05) is 34.3 Å². The number of likely N-dealkylation sites (N-methyl/N-ethyl adjacent to an activating group) is 1. The minimum absolute atomic E-state index is 0.610. The zero-order valence-corrected chi connectivity index (χ0v) is 14.0. The minimum atomic E-state index is 0.610. The van der Waals surface area contributed by atoms with Crippen LogP contribution in [0.5, 0.6) is 5.75 Å². The Morgan fingerprint density at radius 1 is 1.33 bits per heavy atom. The number of nitrogens with one attached hydrogen (secondary N) is 2. The molecule has 5 heteroatoms. The summed E-state index contributed by atoms with van der Waals surface area (Å²) in [5.41, 5.74) is 1.27. The largest absolute Gasteiger partial charge is 0.497 e. The van der Waals surface area contributed by atoms with Crippen LogP contribution >= 0.6 is 12.2 Å². The molecule has 2 rings (SSSR count). The number of nitrogens with zero attached hydrogens (tertiary/aromatic N) is 1. The van der Waals surface area contributed by atoms with Crippen LogP contribution in [0.25, 0.3) is 0 Å². The van der Waals surface area contributed by atoms with E-state index in [1.165, 1.54) is 23.3 Å². The van der Waals surface area contributed by atoms with Gasteiger partial charge in [0, 0.05) is 12.6 Å². The van der Waals surface area contributed by atoms with Crippen LogP contribution in [0.2, 0.25) is 0 Å². The molecule has 21 heavy (non-hydrogen) atoms. The predicted octanol–water partition coefficient (Wildman–Crippen LogP) is 0.679. The fourth-order valence-electron chi connectivity index (χ4n) is 2.20. The van der Waals surface area contributed by atoms with Crippen molar-refractivity contribution in [3.05, 3.63) is 29.8 Å². The maximum Gasteiger partial charge on any atom is 0.169 e. The van der Waals surface area contributed by atoms with E-state index in [0.717, 1.165) is 30.5 Å². The van der Waals surface area contributed by atoms with E-state index in [1.54, 1.807) is 7.11 Å². The van der Waals surface area contributed by atoms with E-state index in [1.807, 2.05) is 12.1 Å². The lowest BCUT2D eigenvalue weighted by atomic mass is 10.2. The molecular weight excluding hydrogens is 282 g/mol. The van der Waals surface area contributed by atoms with Gasteiger partial charge in [0.25, 0.3) is 0 Å². The van der Waals surface area contributed by atoms with Gasteiger partial charge in [-0.1, -0.05) is 12.1 Å². The summed E-state index contributed by atoms with van der Waals surface area (Å²) in [6.07, 6.45) is 2.49. The molecule has 1 fully saturated rings.